The van der Waals surface area contributed by atoms with Crippen LogP contribution in [0.25, 0.3) is 0 Å². The quantitative estimate of drug-likeness (QED) is 0.479. The fourth-order valence-corrected chi connectivity index (χ4v) is 1.66. The lowest BCUT2D eigenvalue weighted by Gasteiger charge is -2.08. The van der Waals surface area contributed by atoms with Crippen LogP contribution in [0.15, 0.2) is 0 Å². The van der Waals surface area contributed by atoms with Crippen molar-refractivity contribution in [2.45, 2.75) is 0 Å². The second kappa shape index (κ2) is 3.53. The monoisotopic (exact) mass is 222 g/mol. The van der Waals surface area contributed by atoms with Gasteiger partial charge in [-0.2, -0.15) is 4.31 Å². The van der Waals surface area contributed by atoms with Crippen molar-refractivity contribution in [3.8, 4) is 0 Å². The molecule has 4 N–H and O–H groups in total. The Morgan fingerprint density at radius 2 is 1.58 bits per heavy atom. The van der Waals surface area contributed by atoms with Gasteiger partial charge in [0.15, 0.2) is 0 Å². The fraction of sp³-hybridized carbons (Fsp3) is 0. The Hall–Kier alpha value is -0.430. The summed E-state index contributed by atoms with van der Waals surface area (Å²) in [5.41, 5.74) is 0. The lowest BCUT2D eigenvalue weighted by atomic mass is 11.5. The van der Waals surface area contributed by atoms with Crippen molar-refractivity contribution in [3.05, 3.63) is 0 Å². The maximum absolute atomic E-state index is 10.3. The van der Waals surface area contributed by atoms with Crippen molar-refractivity contribution < 1.29 is 42.5 Å². The van der Waals surface area contributed by atoms with E-state index < -0.39 is 21.8 Å². The average molecular weight is 222 g/mol. The van der Waals surface area contributed by atoms with Crippen LogP contribution in [0, 0.1) is 0 Å². The summed E-state index contributed by atoms with van der Waals surface area (Å²) in [5.74, 6) is 0. The van der Waals surface area contributed by atoms with Gasteiger partial charge in [-0.05, 0) is 0 Å². The minimum atomic E-state index is -5.24. The molecule has 11 heteroatoms. The molecule has 0 rings (SSSR count). The summed E-state index contributed by atoms with van der Waals surface area (Å²) in [6.45, 7) is 0. The minimum Gasteiger partial charge on any atom is -0.449 e. The van der Waals surface area contributed by atoms with Crippen LogP contribution in [0.1, 0.15) is 0 Å². The fourth-order valence-electron chi connectivity index (χ4n) is 0.250. The second-order valence-corrected chi connectivity index (χ2v) is 4.15. The van der Waals surface area contributed by atoms with Crippen LogP contribution in [0.5, 0.6) is 0 Å². The largest absolute Gasteiger partial charge is 0.540 e. The van der Waals surface area contributed by atoms with Gasteiger partial charge >= 0.3 is 21.8 Å². The molecule has 0 aromatic carbocycles. The Kier molecular flexibility index (Phi) is 3.40. The third-order valence-electron chi connectivity index (χ3n) is 0.403. The first-order valence-corrected chi connectivity index (χ1v) is 5.17. The van der Waals surface area contributed by atoms with Gasteiger partial charge in [-0.3, -0.25) is 4.89 Å². The molecule has 0 bridgehead atoms. The van der Waals surface area contributed by atoms with Gasteiger partial charge in [-0.15, -0.1) is 0 Å². The molecule has 0 saturated carbocycles. The summed E-state index contributed by atoms with van der Waals surface area (Å²) in [4.78, 5) is 33.8. The van der Waals surface area contributed by atoms with Crippen LogP contribution < -0.4 is 0 Å². The smallest absolute Gasteiger partial charge is 0.449 e. The van der Waals surface area contributed by atoms with E-state index in [0.717, 1.165) is 0 Å². The zero-order chi connectivity index (χ0) is 9.99. The number of carbonyl (C=O) groups is 1. The molecule has 0 aliphatic rings. The van der Waals surface area contributed by atoms with E-state index in [2.05, 4.69) is 8.83 Å². The van der Waals surface area contributed by atoms with Crippen molar-refractivity contribution in [1.82, 2.24) is 0 Å². The Balaban J connectivity index is 4.35. The third kappa shape index (κ3) is 6.29. The maximum atomic E-state index is 10.3. The summed E-state index contributed by atoms with van der Waals surface area (Å²) >= 11 is 0. The van der Waals surface area contributed by atoms with Gasteiger partial charge in [0.1, 0.15) is 0 Å². The molecule has 0 saturated heterocycles. The van der Waals surface area contributed by atoms with Crippen molar-refractivity contribution in [3.63, 3.8) is 0 Å². The highest BCUT2D eigenvalue weighted by molar-refractivity contribution is 7.61. The van der Waals surface area contributed by atoms with E-state index in [1.165, 1.54) is 0 Å². The van der Waals surface area contributed by atoms with E-state index in [1.54, 1.807) is 0 Å². The summed E-state index contributed by atoms with van der Waals surface area (Å²) in [7, 11) is -10.5. The number of carboxylic acid groups (broad SMARTS) is 1. The topological polar surface area (TPSA) is 151 Å². The average Bonchev–Trinajstić information content (AvgIpc) is 1.48. The molecule has 0 aromatic heterocycles. The molecule has 1 atom stereocenters. The zero-order valence-electron chi connectivity index (χ0n) is 5.22. The van der Waals surface area contributed by atoms with Crippen molar-refractivity contribution >= 4 is 21.8 Å². The summed E-state index contributed by atoms with van der Waals surface area (Å²) in [6, 6.07) is 0. The van der Waals surface area contributed by atoms with Gasteiger partial charge in [-0.25, -0.2) is 13.9 Å². The normalized spacial score (nSPS) is 16.6. The zero-order valence-corrected chi connectivity index (χ0v) is 7.01. The standard InChI is InChI=1S/CH4O9P2/c2-1(3)9-12(7,8)10-11(4,5)6/h(H,2,3)(H,7,8)(H2,4,5,6). The predicted molar refractivity (Wildman–Crippen MR) is 32.1 cm³/mol. The van der Waals surface area contributed by atoms with Gasteiger partial charge in [-0.1, -0.05) is 0 Å². The van der Waals surface area contributed by atoms with E-state index in [1.807, 2.05) is 0 Å². The van der Waals surface area contributed by atoms with Crippen molar-refractivity contribution in [2.75, 3.05) is 0 Å². The molecule has 0 radical (unpaired) electrons. The maximum Gasteiger partial charge on any atom is 0.540 e. The van der Waals surface area contributed by atoms with Crippen LogP contribution >= 0.6 is 15.6 Å². The van der Waals surface area contributed by atoms with E-state index in [-0.39, 0.29) is 0 Å². The molecule has 72 valence electrons. The minimum absolute atomic E-state index is 2.19. The third-order valence-corrected chi connectivity index (χ3v) is 2.47. The number of phosphoric acid groups is 2. The van der Waals surface area contributed by atoms with Crippen LogP contribution in [-0.2, 0) is 18.0 Å². The molecule has 9 nitrogen and oxygen atoms in total. The highest BCUT2D eigenvalue weighted by Gasteiger charge is 2.35. The van der Waals surface area contributed by atoms with Gasteiger partial charge in [0.05, 0.1) is 0 Å². The Morgan fingerprint density at radius 3 is 1.83 bits per heavy atom. The SMILES string of the molecule is O=C(O)OP(=O)(O)OP(=O)(O)O. The number of hydrogen-bond donors (Lipinski definition) is 4. The molecule has 0 heterocycles. The molecular weight excluding hydrogens is 218 g/mol. The van der Waals surface area contributed by atoms with E-state index in [4.69, 9.17) is 19.8 Å². The molecule has 0 fully saturated rings. The van der Waals surface area contributed by atoms with Gasteiger partial charge in [0.25, 0.3) is 0 Å². The van der Waals surface area contributed by atoms with Crippen molar-refractivity contribution in [1.29, 1.82) is 0 Å². The Morgan fingerprint density at radius 1 is 1.17 bits per heavy atom. The summed E-state index contributed by atoms with van der Waals surface area (Å²) in [6.07, 6.45) is -2.19. The molecule has 0 aromatic rings. The summed E-state index contributed by atoms with van der Waals surface area (Å²) < 4.78 is 26.4. The van der Waals surface area contributed by atoms with Crippen LogP contribution in [0.3, 0.4) is 0 Å². The first kappa shape index (κ1) is 11.6. The van der Waals surface area contributed by atoms with E-state index in [0.29, 0.717) is 0 Å². The highest BCUT2D eigenvalue weighted by atomic mass is 31.3. The molecule has 0 aliphatic carbocycles. The molecular formula is CH4O9P2. The van der Waals surface area contributed by atoms with E-state index in [9.17, 15) is 13.9 Å². The molecule has 12 heavy (non-hydrogen) atoms. The number of hydrogen-bond acceptors (Lipinski definition) is 5. The number of rotatable bonds is 3. The first-order chi connectivity index (χ1) is 5.12. The highest BCUT2D eigenvalue weighted by Crippen LogP contribution is 2.57. The van der Waals surface area contributed by atoms with Crippen LogP contribution in [-0.4, -0.2) is 25.9 Å². The van der Waals surface area contributed by atoms with Gasteiger partial charge < -0.3 is 19.4 Å². The van der Waals surface area contributed by atoms with E-state index >= 15 is 0 Å². The van der Waals surface area contributed by atoms with Crippen LogP contribution in [0.4, 0.5) is 4.79 Å². The van der Waals surface area contributed by atoms with Gasteiger partial charge in [0, 0.05) is 0 Å². The number of phosphoric ester groups is 1. The molecule has 1 unspecified atom stereocenters. The molecule has 0 aliphatic heterocycles. The lowest BCUT2D eigenvalue weighted by Crippen LogP contribution is -1.99. The Labute approximate surface area is 65.4 Å². The Bertz CT molecular complexity index is 260. The van der Waals surface area contributed by atoms with Crippen LogP contribution in [0.2, 0.25) is 0 Å². The molecule has 0 amide bonds. The molecule has 0 spiro atoms. The first-order valence-electron chi connectivity index (χ1n) is 2.14. The van der Waals surface area contributed by atoms with Crippen molar-refractivity contribution in [2.24, 2.45) is 0 Å². The second-order valence-electron chi connectivity index (χ2n) is 1.40. The lowest BCUT2D eigenvalue weighted by molar-refractivity contribution is 0.124. The predicted octanol–water partition coefficient (Wildman–Crippen LogP) is -0.109. The van der Waals surface area contributed by atoms with Gasteiger partial charge in [0.2, 0.25) is 0 Å². The summed E-state index contributed by atoms with van der Waals surface area (Å²) in [5, 5.41) is 7.76.